The molecule has 3 heterocycles. The lowest BCUT2D eigenvalue weighted by molar-refractivity contribution is -0.132. The number of nitrogens with one attached hydrogen (secondary N) is 4. The first kappa shape index (κ1) is 46.2. The maximum atomic E-state index is 14.9. The van der Waals surface area contributed by atoms with E-state index < -0.39 is 59.0 Å². The minimum Gasteiger partial charge on any atom is -0.453 e. The number of rotatable bonds is 16. The van der Waals surface area contributed by atoms with Gasteiger partial charge in [0.15, 0.2) is 0 Å². The Balaban J connectivity index is 1.29. The molecular weight excluding hydrogens is 797 g/mol. The van der Waals surface area contributed by atoms with Crippen molar-refractivity contribution in [1.29, 1.82) is 0 Å². The van der Waals surface area contributed by atoms with E-state index in [0.29, 0.717) is 18.7 Å². The van der Waals surface area contributed by atoms with Gasteiger partial charge in [0.05, 0.1) is 54.5 Å². The number of urea groups is 1. The van der Waals surface area contributed by atoms with Crippen LogP contribution in [0.1, 0.15) is 64.9 Å². The smallest absolute Gasteiger partial charge is 0.407 e. The normalized spacial score (nSPS) is 16.7. The molecule has 1 aliphatic rings. The Kier molecular flexibility index (Phi) is 14.6. The van der Waals surface area contributed by atoms with Gasteiger partial charge in [-0.05, 0) is 65.5 Å². The second kappa shape index (κ2) is 19.8. The summed E-state index contributed by atoms with van der Waals surface area (Å²) in [5, 5.41) is 24.4. The first-order valence-corrected chi connectivity index (χ1v) is 21.5. The maximum absolute atomic E-state index is 14.9. The molecule has 334 valence electrons. The molecule has 1 saturated heterocycles. The van der Waals surface area contributed by atoms with Crippen LogP contribution in [-0.2, 0) is 40.8 Å². The van der Waals surface area contributed by atoms with E-state index in [1.165, 1.54) is 7.11 Å². The monoisotopic (exact) mass is 858 g/mol. The summed E-state index contributed by atoms with van der Waals surface area (Å²) in [6, 6.07) is 27.8. The van der Waals surface area contributed by atoms with Crippen LogP contribution >= 0.6 is 0 Å². The molecule has 5 N–H and O–H groups in total. The van der Waals surface area contributed by atoms with E-state index in [4.69, 9.17) is 9.72 Å². The van der Waals surface area contributed by atoms with Crippen LogP contribution in [0.5, 0.6) is 0 Å². The van der Waals surface area contributed by atoms with Gasteiger partial charge in [-0.25, -0.2) is 14.6 Å². The Morgan fingerprint density at radius 2 is 1.49 bits per heavy atom. The zero-order valence-electron chi connectivity index (χ0n) is 37.6. The third kappa shape index (κ3) is 11.6. The van der Waals surface area contributed by atoms with Crippen molar-refractivity contribution in [1.82, 2.24) is 40.7 Å². The Bertz CT molecular complexity index is 2340. The van der Waals surface area contributed by atoms with Gasteiger partial charge < -0.3 is 40.6 Å². The molecule has 63 heavy (non-hydrogen) atoms. The topological polar surface area (TPSA) is 180 Å². The fourth-order valence-electron chi connectivity index (χ4n) is 8.51. The molecule has 6 rings (SSSR count). The largest absolute Gasteiger partial charge is 0.453 e. The minimum atomic E-state index is -1.14. The number of carbonyl (C=O) groups excluding carboxylic acids is 4. The third-order valence-electron chi connectivity index (χ3n) is 11.9. The summed E-state index contributed by atoms with van der Waals surface area (Å²) in [5.74, 6) is -0.745. The van der Waals surface area contributed by atoms with E-state index in [9.17, 15) is 24.3 Å². The second-order valence-electron chi connectivity index (χ2n) is 18.7. The van der Waals surface area contributed by atoms with Crippen molar-refractivity contribution >= 4 is 35.0 Å². The summed E-state index contributed by atoms with van der Waals surface area (Å²) in [6.45, 7) is 11.9. The van der Waals surface area contributed by atoms with Crippen molar-refractivity contribution in [3.05, 3.63) is 120 Å². The fraction of sp³-hybridized carbons (Fsp3) is 0.429. The quantitative estimate of drug-likeness (QED) is 0.0782. The highest BCUT2D eigenvalue weighted by Crippen LogP contribution is 2.35. The molecule has 0 radical (unpaired) electrons. The predicted molar refractivity (Wildman–Crippen MR) is 243 cm³/mol. The van der Waals surface area contributed by atoms with Gasteiger partial charge in [0.2, 0.25) is 11.8 Å². The van der Waals surface area contributed by atoms with Crippen molar-refractivity contribution < 1.29 is 29.0 Å². The number of hydrogen-bond donors (Lipinski definition) is 5. The van der Waals surface area contributed by atoms with Gasteiger partial charge in [0, 0.05) is 31.4 Å². The number of aromatic nitrogens is 3. The molecule has 14 nitrogen and oxygen atoms in total. The van der Waals surface area contributed by atoms with Crippen LogP contribution < -0.4 is 21.3 Å². The number of ether oxygens (including phenoxy) is 1. The molecule has 3 aromatic carbocycles. The van der Waals surface area contributed by atoms with E-state index >= 15 is 0 Å². The molecule has 6 unspecified atom stereocenters. The van der Waals surface area contributed by atoms with Crippen LogP contribution in [0.4, 0.5) is 9.59 Å². The molecule has 0 spiro atoms. The average Bonchev–Trinajstić information content (AvgIpc) is 3.76. The number of aliphatic hydroxyl groups excluding tert-OH is 1. The summed E-state index contributed by atoms with van der Waals surface area (Å²) in [5.41, 5.74) is 4.01. The zero-order valence-corrected chi connectivity index (χ0v) is 37.6. The van der Waals surface area contributed by atoms with Crippen LogP contribution in [0.2, 0.25) is 0 Å². The zero-order chi connectivity index (χ0) is 45.5. The number of alkyl carbamates (subject to hydrolysis) is 1. The van der Waals surface area contributed by atoms with E-state index in [1.807, 2.05) is 150 Å². The number of hydrogen-bond acceptors (Lipinski definition) is 8. The van der Waals surface area contributed by atoms with Crippen LogP contribution in [0, 0.1) is 16.7 Å². The van der Waals surface area contributed by atoms with Gasteiger partial charge in [-0.3, -0.25) is 14.6 Å². The minimum absolute atomic E-state index is 0.0586. The molecule has 5 amide bonds. The number of benzene rings is 3. The van der Waals surface area contributed by atoms with Gasteiger partial charge in [-0.15, -0.1) is 0 Å². The lowest BCUT2D eigenvalue weighted by atomic mass is 9.75. The van der Waals surface area contributed by atoms with Crippen molar-refractivity contribution in [2.75, 3.05) is 13.7 Å². The van der Waals surface area contributed by atoms with Gasteiger partial charge in [-0.2, -0.15) is 0 Å². The van der Waals surface area contributed by atoms with Gasteiger partial charge in [0.25, 0.3) is 0 Å². The Hall–Kier alpha value is -6.28. The highest BCUT2D eigenvalue weighted by atomic mass is 16.5. The summed E-state index contributed by atoms with van der Waals surface area (Å²) in [6.07, 6.45) is 0.547. The summed E-state index contributed by atoms with van der Waals surface area (Å²) in [7, 11) is 3.16. The number of aryl methyl sites for hydroxylation is 1. The molecule has 14 heteroatoms. The van der Waals surface area contributed by atoms with E-state index in [1.54, 1.807) is 11.1 Å². The van der Waals surface area contributed by atoms with Crippen molar-refractivity contribution in [3.8, 4) is 11.3 Å². The molecule has 1 aliphatic heterocycles. The van der Waals surface area contributed by atoms with Crippen LogP contribution in [0.3, 0.4) is 0 Å². The number of carbonyl (C=O) groups is 4. The average molecular weight is 859 g/mol. The molecule has 5 aromatic rings. The predicted octanol–water partition coefficient (Wildman–Crippen LogP) is 6.17. The SMILES string of the molecule is COC(=O)NC(C(=O)NC(Cc1ccc(-c2ccccn2)cc1)CC(O)C(Cc1ccccc1)NC(=O)C(C1CNC(=O)N1Cc1nc2ccccc2n1C)C(C)(C)C)C(C)(C)C. The fourth-order valence-corrected chi connectivity index (χ4v) is 8.51. The van der Waals surface area contributed by atoms with Gasteiger partial charge in [0.1, 0.15) is 11.9 Å². The number of aliphatic hydroxyl groups is 1. The molecule has 0 bridgehead atoms. The van der Waals surface area contributed by atoms with E-state index in [2.05, 4.69) is 26.3 Å². The van der Waals surface area contributed by atoms with Crippen molar-refractivity contribution in [2.24, 2.45) is 23.8 Å². The molecule has 0 aliphatic carbocycles. The van der Waals surface area contributed by atoms with Gasteiger partial charge in [-0.1, -0.05) is 114 Å². The molecule has 6 atom stereocenters. The van der Waals surface area contributed by atoms with Crippen LogP contribution in [0.25, 0.3) is 22.3 Å². The number of methoxy groups -OCH3 is 1. The maximum Gasteiger partial charge on any atom is 0.407 e. The highest BCUT2D eigenvalue weighted by molar-refractivity contribution is 5.87. The second-order valence-corrected chi connectivity index (χ2v) is 18.7. The van der Waals surface area contributed by atoms with Crippen molar-refractivity contribution in [3.63, 3.8) is 0 Å². The Labute approximate surface area is 370 Å². The number of pyridine rings is 1. The lowest BCUT2D eigenvalue weighted by Gasteiger charge is -2.39. The van der Waals surface area contributed by atoms with E-state index in [0.717, 1.165) is 33.4 Å². The molecule has 1 fully saturated rings. The molecular formula is C49H62N8O6. The first-order valence-electron chi connectivity index (χ1n) is 21.5. The van der Waals surface area contributed by atoms with Crippen LogP contribution in [0.15, 0.2) is 103 Å². The third-order valence-corrected chi connectivity index (χ3v) is 11.9. The van der Waals surface area contributed by atoms with Gasteiger partial charge >= 0.3 is 12.1 Å². The van der Waals surface area contributed by atoms with Crippen LogP contribution in [-0.4, -0.2) is 92.4 Å². The highest BCUT2D eigenvalue weighted by Gasteiger charge is 2.47. The van der Waals surface area contributed by atoms with Crippen molar-refractivity contribution in [2.45, 2.75) is 97.6 Å². The number of fused-ring (bicyclic) bond motifs is 1. The Morgan fingerprint density at radius 1 is 0.825 bits per heavy atom. The summed E-state index contributed by atoms with van der Waals surface area (Å²) >= 11 is 0. The summed E-state index contributed by atoms with van der Waals surface area (Å²) < 4.78 is 6.83. The van der Waals surface area contributed by atoms with E-state index in [-0.39, 0.29) is 31.4 Å². The number of amides is 5. The molecule has 2 aromatic heterocycles. The standard InChI is InChI=1S/C49H62N8O6/c1-48(2,3)42(39-29-51-46(61)57(39)30-41-53-36-19-12-13-20-38(36)56(41)7)44(59)54-37(27-31-16-10-9-11-17-31)40(58)28-34(52-45(60)43(49(4,5)6)55-47(62)63-8)26-32-21-23-33(24-22-32)35-18-14-15-25-50-35/h9-25,34,37,39-40,42-43,58H,26-30H2,1-8H3,(H,51,61)(H,52,60)(H,54,59)(H,55,62). The summed E-state index contributed by atoms with van der Waals surface area (Å²) in [4.78, 5) is 65.9. The lowest BCUT2D eigenvalue weighted by Crippen LogP contribution is -2.57. The number of para-hydroxylation sites is 2. The Morgan fingerprint density at radius 3 is 2.13 bits per heavy atom. The molecule has 0 saturated carbocycles. The first-order chi connectivity index (χ1) is 29.9. The number of nitrogens with zero attached hydrogens (tertiary/aromatic N) is 4. The number of imidazole rings is 1.